The Morgan fingerprint density at radius 3 is 2.38 bits per heavy atom. The molecule has 7 heteroatoms. The fraction of sp³-hybridized carbons (Fsp3) is 0.227. The van der Waals surface area contributed by atoms with Crippen molar-refractivity contribution in [3.8, 4) is 5.75 Å². The lowest BCUT2D eigenvalue weighted by Gasteiger charge is -2.12. The fourth-order valence-electron chi connectivity index (χ4n) is 2.32. The number of rotatable bonds is 9. The first-order valence-electron chi connectivity index (χ1n) is 9.08. The van der Waals surface area contributed by atoms with Crippen LogP contribution in [0.3, 0.4) is 0 Å². The number of nitrogens with one attached hydrogen (secondary N) is 2. The molecule has 1 atom stereocenters. The second kappa shape index (κ2) is 11.3. The molecule has 0 aliphatic heterocycles. The maximum atomic E-state index is 12.0. The zero-order valence-electron chi connectivity index (χ0n) is 16.4. The molecular formula is C22H24N2O5. The molecule has 0 aromatic heterocycles. The van der Waals surface area contributed by atoms with Crippen molar-refractivity contribution < 1.29 is 23.9 Å². The highest BCUT2D eigenvalue weighted by molar-refractivity contribution is 5.95. The summed E-state index contributed by atoms with van der Waals surface area (Å²) in [7, 11) is 1.58. The number of esters is 1. The molecule has 0 fully saturated rings. The lowest BCUT2D eigenvalue weighted by atomic mass is 10.2. The smallest absolute Gasteiger partial charge is 0.325 e. The molecule has 2 aromatic rings. The van der Waals surface area contributed by atoms with Crippen molar-refractivity contribution in [3.05, 3.63) is 71.8 Å². The van der Waals surface area contributed by atoms with Crippen LogP contribution in [0.2, 0.25) is 0 Å². The first kappa shape index (κ1) is 21.7. The second-order valence-electron chi connectivity index (χ2n) is 6.20. The summed E-state index contributed by atoms with van der Waals surface area (Å²) in [4.78, 5) is 35.7. The first-order valence-corrected chi connectivity index (χ1v) is 9.08. The quantitative estimate of drug-likeness (QED) is 0.500. The van der Waals surface area contributed by atoms with Gasteiger partial charge < -0.3 is 20.1 Å². The summed E-state index contributed by atoms with van der Waals surface area (Å²) in [6.07, 6.45) is 2.96. The highest BCUT2D eigenvalue weighted by atomic mass is 16.5. The second-order valence-corrected chi connectivity index (χ2v) is 6.20. The Hall–Kier alpha value is -3.61. The normalized spacial score (nSPS) is 11.5. The van der Waals surface area contributed by atoms with Crippen LogP contribution in [-0.4, -0.2) is 37.5 Å². The molecule has 0 spiro atoms. The molecule has 0 radical (unpaired) electrons. The van der Waals surface area contributed by atoms with Crippen molar-refractivity contribution >= 4 is 23.9 Å². The molecule has 0 saturated carbocycles. The first-order chi connectivity index (χ1) is 14.0. The molecule has 7 nitrogen and oxygen atoms in total. The molecule has 0 aliphatic carbocycles. The predicted molar refractivity (Wildman–Crippen MR) is 109 cm³/mol. The Morgan fingerprint density at radius 2 is 1.72 bits per heavy atom. The van der Waals surface area contributed by atoms with E-state index in [1.807, 2.05) is 30.3 Å². The van der Waals surface area contributed by atoms with Crippen molar-refractivity contribution in [2.45, 2.75) is 19.6 Å². The van der Waals surface area contributed by atoms with Gasteiger partial charge in [-0.3, -0.25) is 14.4 Å². The van der Waals surface area contributed by atoms with E-state index in [2.05, 4.69) is 10.6 Å². The summed E-state index contributed by atoms with van der Waals surface area (Å²) >= 11 is 0. The van der Waals surface area contributed by atoms with Crippen LogP contribution >= 0.6 is 0 Å². The van der Waals surface area contributed by atoms with Gasteiger partial charge in [-0.05, 0) is 36.3 Å². The summed E-state index contributed by atoms with van der Waals surface area (Å²) in [5, 5.41) is 4.98. The molecule has 0 saturated heterocycles. The largest absolute Gasteiger partial charge is 0.497 e. The minimum absolute atomic E-state index is 0.137. The number of carbonyl (C=O) groups excluding carboxylic acids is 3. The van der Waals surface area contributed by atoms with Crippen LogP contribution in [0.1, 0.15) is 18.1 Å². The van der Waals surface area contributed by atoms with E-state index in [9.17, 15) is 14.4 Å². The number of benzene rings is 2. The van der Waals surface area contributed by atoms with Crippen LogP contribution in [0.25, 0.3) is 6.08 Å². The van der Waals surface area contributed by atoms with Crippen LogP contribution in [-0.2, 0) is 25.7 Å². The third kappa shape index (κ3) is 7.88. The van der Waals surface area contributed by atoms with E-state index in [-0.39, 0.29) is 13.2 Å². The van der Waals surface area contributed by atoms with Gasteiger partial charge >= 0.3 is 5.97 Å². The van der Waals surface area contributed by atoms with E-state index in [1.54, 1.807) is 37.5 Å². The van der Waals surface area contributed by atoms with Crippen molar-refractivity contribution in [3.63, 3.8) is 0 Å². The predicted octanol–water partition coefficient (Wildman–Crippen LogP) is 2.07. The maximum absolute atomic E-state index is 12.0. The van der Waals surface area contributed by atoms with Crippen LogP contribution in [0.4, 0.5) is 0 Å². The Morgan fingerprint density at radius 1 is 1.03 bits per heavy atom. The van der Waals surface area contributed by atoms with Gasteiger partial charge in [-0.15, -0.1) is 0 Å². The average molecular weight is 396 g/mol. The molecular weight excluding hydrogens is 372 g/mol. The average Bonchev–Trinajstić information content (AvgIpc) is 2.75. The maximum Gasteiger partial charge on any atom is 0.325 e. The Bertz CT molecular complexity index is 847. The van der Waals surface area contributed by atoms with Crippen molar-refractivity contribution in [1.82, 2.24) is 10.6 Å². The standard InChI is InChI=1S/C22H24N2O5/c1-16(24-20(25)13-10-17-8-11-19(28-2)12-9-17)22(27)23-14-21(26)29-15-18-6-4-3-5-7-18/h3-13,16H,14-15H2,1-2H3,(H,23,27)(H,24,25)/b13-10+/t16-/m1/s1. The molecule has 0 aliphatic rings. The van der Waals surface area contributed by atoms with E-state index in [0.717, 1.165) is 16.9 Å². The van der Waals surface area contributed by atoms with Crippen LogP contribution < -0.4 is 15.4 Å². The summed E-state index contributed by atoms with van der Waals surface area (Å²) in [5.74, 6) is -0.734. The topological polar surface area (TPSA) is 93.7 Å². The third-order valence-electron chi connectivity index (χ3n) is 3.94. The van der Waals surface area contributed by atoms with E-state index < -0.39 is 23.8 Å². The number of ether oxygens (including phenoxy) is 2. The number of amides is 2. The summed E-state index contributed by atoms with van der Waals surface area (Å²) in [6, 6.07) is 15.6. The minimum Gasteiger partial charge on any atom is -0.497 e. The van der Waals surface area contributed by atoms with Crippen molar-refractivity contribution in [2.75, 3.05) is 13.7 Å². The molecule has 152 valence electrons. The van der Waals surface area contributed by atoms with Crippen LogP contribution in [0.15, 0.2) is 60.7 Å². The van der Waals surface area contributed by atoms with Gasteiger partial charge in [0.1, 0.15) is 24.9 Å². The molecule has 0 unspecified atom stereocenters. The molecule has 2 aromatic carbocycles. The lowest BCUT2D eigenvalue weighted by Crippen LogP contribution is -2.45. The SMILES string of the molecule is COc1ccc(/C=C/C(=O)N[C@H](C)C(=O)NCC(=O)OCc2ccccc2)cc1. The summed E-state index contributed by atoms with van der Waals surface area (Å²) in [6.45, 7) is 1.40. The van der Waals surface area contributed by atoms with E-state index in [0.29, 0.717) is 0 Å². The van der Waals surface area contributed by atoms with Crippen molar-refractivity contribution in [2.24, 2.45) is 0 Å². The van der Waals surface area contributed by atoms with Gasteiger partial charge in [0.05, 0.1) is 7.11 Å². The minimum atomic E-state index is -0.801. The molecule has 29 heavy (non-hydrogen) atoms. The van der Waals surface area contributed by atoms with Crippen molar-refractivity contribution in [1.29, 1.82) is 0 Å². The zero-order valence-corrected chi connectivity index (χ0v) is 16.4. The number of hydrogen-bond acceptors (Lipinski definition) is 5. The summed E-state index contributed by atoms with van der Waals surface area (Å²) < 4.78 is 10.2. The van der Waals surface area contributed by atoms with E-state index in [1.165, 1.54) is 13.0 Å². The van der Waals surface area contributed by atoms with Gasteiger partial charge in [-0.25, -0.2) is 0 Å². The van der Waals surface area contributed by atoms with Crippen LogP contribution in [0, 0.1) is 0 Å². The Kier molecular flexibility index (Phi) is 8.44. The van der Waals surface area contributed by atoms with Gasteiger partial charge in [0.2, 0.25) is 11.8 Å². The number of carbonyl (C=O) groups is 3. The highest BCUT2D eigenvalue weighted by Crippen LogP contribution is 2.12. The van der Waals surface area contributed by atoms with Gasteiger partial charge in [-0.2, -0.15) is 0 Å². The highest BCUT2D eigenvalue weighted by Gasteiger charge is 2.15. The fourth-order valence-corrected chi connectivity index (χ4v) is 2.32. The lowest BCUT2D eigenvalue weighted by molar-refractivity contribution is -0.145. The monoisotopic (exact) mass is 396 g/mol. The summed E-state index contributed by atoms with van der Waals surface area (Å²) in [5.41, 5.74) is 1.68. The van der Waals surface area contributed by atoms with Crippen LogP contribution in [0.5, 0.6) is 5.75 Å². The third-order valence-corrected chi connectivity index (χ3v) is 3.94. The number of hydrogen-bond donors (Lipinski definition) is 2. The van der Waals surface area contributed by atoms with E-state index >= 15 is 0 Å². The van der Waals surface area contributed by atoms with E-state index in [4.69, 9.17) is 9.47 Å². The zero-order chi connectivity index (χ0) is 21.1. The van der Waals surface area contributed by atoms with Gasteiger partial charge in [0.25, 0.3) is 0 Å². The number of methoxy groups -OCH3 is 1. The Balaban J connectivity index is 1.70. The molecule has 0 bridgehead atoms. The molecule has 0 heterocycles. The molecule has 2 N–H and O–H groups in total. The Labute approximate surface area is 169 Å². The van der Waals surface area contributed by atoms with Gasteiger partial charge in [0, 0.05) is 6.08 Å². The molecule has 2 rings (SSSR count). The van der Waals surface area contributed by atoms with Gasteiger partial charge in [0.15, 0.2) is 0 Å². The molecule has 2 amide bonds. The van der Waals surface area contributed by atoms with Gasteiger partial charge in [-0.1, -0.05) is 42.5 Å².